The van der Waals surface area contributed by atoms with E-state index < -0.39 is 11.4 Å². The number of carbonyl (C=O) groups excluding carboxylic acids is 1. The minimum Gasteiger partial charge on any atom is -0.481 e. The first-order valence-electron chi connectivity index (χ1n) is 8.60. The fraction of sp³-hybridized carbons (Fsp3) is 0.579. The molecule has 1 fully saturated rings. The van der Waals surface area contributed by atoms with Crippen LogP contribution in [-0.4, -0.2) is 35.0 Å². The Balaban J connectivity index is 2.06. The molecular formula is C19H27NO3. The highest BCUT2D eigenvalue weighted by molar-refractivity contribution is 5.82. The number of nitrogens with zero attached hydrogens (tertiary/aromatic N) is 1. The van der Waals surface area contributed by atoms with Crippen LogP contribution < -0.4 is 0 Å². The lowest BCUT2D eigenvalue weighted by atomic mass is 9.72. The van der Waals surface area contributed by atoms with Crippen LogP contribution in [0.3, 0.4) is 0 Å². The van der Waals surface area contributed by atoms with Crippen LogP contribution in [0.4, 0.5) is 0 Å². The van der Waals surface area contributed by atoms with Crippen LogP contribution >= 0.6 is 0 Å². The molecule has 0 bridgehead atoms. The van der Waals surface area contributed by atoms with Crippen LogP contribution in [0.2, 0.25) is 0 Å². The third kappa shape index (κ3) is 3.74. The predicted molar refractivity (Wildman–Crippen MR) is 90.3 cm³/mol. The minimum atomic E-state index is -0.854. The summed E-state index contributed by atoms with van der Waals surface area (Å²) in [5.41, 5.74) is -0.00737. The van der Waals surface area contributed by atoms with E-state index in [0.29, 0.717) is 38.3 Å². The minimum absolute atomic E-state index is 0.172. The van der Waals surface area contributed by atoms with Gasteiger partial charge in [0.2, 0.25) is 5.91 Å². The maximum atomic E-state index is 12.4. The fourth-order valence-electron chi connectivity index (χ4n) is 3.47. The zero-order valence-corrected chi connectivity index (χ0v) is 14.1. The van der Waals surface area contributed by atoms with Gasteiger partial charge >= 0.3 is 5.97 Å². The van der Waals surface area contributed by atoms with Gasteiger partial charge in [-0.05, 0) is 24.3 Å². The number of amides is 1. The normalized spacial score (nSPS) is 17.3. The molecule has 0 atom stereocenters. The number of carboxylic acids is 1. The number of benzene rings is 1. The van der Waals surface area contributed by atoms with Crippen molar-refractivity contribution in [2.24, 2.45) is 5.92 Å². The van der Waals surface area contributed by atoms with Crippen molar-refractivity contribution in [2.45, 2.75) is 51.4 Å². The molecule has 23 heavy (non-hydrogen) atoms. The van der Waals surface area contributed by atoms with E-state index in [1.54, 1.807) is 0 Å². The lowest BCUT2D eigenvalue weighted by Crippen LogP contribution is -2.49. The van der Waals surface area contributed by atoms with E-state index in [0.717, 1.165) is 18.4 Å². The second-order valence-electron chi connectivity index (χ2n) is 6.52. The summed E-state index contributed by atoms with van der Waals surface area (Å²) in [6, 6.07) is 9.42. The van der Waals surface area contributed by atoms with E-state index in [9.17, 15) is 14.7 Å². The van der Waals surface area contributed by atoms with Gasteiger partial charge in [-0.2, -0.15) is 0 Å². The molecule has 1 amide bonds. The van der Waals surface area contributed by atoms with Crippen LogP contribution in [0, 0.1) is 5.92 Å². The van der Waals surface area contributed by atoms with Gasteiger partial charge in [-0.25, -0.2) is 0 Å². The Morgan fingerprint density at radius 3 is 2.17 bits per heavy atom. The highest BCUT2D eigenvalue weighted by Gasteiger charge is 2.43. The van der Waals surface area contributed by atoms with E-state index in [1.165, 1.54) is 0 Å². The van der Waals surface area contributed by atoms with E-state index in [4.69, 9.17) is 0 Å². The monoisotopic (exact) mass is 317 g/mol. The Hall–Kier alpha value is -1.84. The van der Waals surface area contributed by atoms with Gasteiger partial charge in [-0.3, -0.25) is 9.59 Å². The summed E-state index contributed by atoms with van der Waals surface area (Å²) in [6.07, 6.45) is 3.58. The van der Waals surface area contributed by atoms with Gasteiger partial charge in [0, 0.05) is 19.5 Å². The number of rotatable bonds is 6. The Morgan fingerprint density at radius 1 is 1.13 bits per heavy atom. The number of piperidine rings is 1. The van der Waals surface area contributed by atoms with Crippen molar-refractivity contribution in [3.63, 3.8) is 0 Å². The van der Waals surface area contributed by atoms with Gasteiger partial charge in [0.25, 0.3) is 0 Å². The molecule has 1 N–H and O–H groups in total. The smallest absolute Gasteiger partial charge is 0.314 e. The van der Waals surface area contributed by atoms with Crippen LogP contribution in [0.15, 0.2) is 30.3 Å². The maximum Gasteiger partial charge on any atom is 0.314 e. The Labute approximate surface area is 138 Å². The van der Waals surface area contributed by atoms with Gasteiger partial charge in [-0.1, -0.05) is 57.0 Å². The molecule has 1 aliphatic rings. The van der Waals surface area contributed by atoms with Gasteiger partial charge in [-0.15, -0.1) is 0 Å². The van der Waals surface area contributed by atoms with Crippen molar-refractivity contribution < 1.29 is 14.7 Å². The van der Waals surface area contributed by atoms with Crippen LogP contribution in [0.25, 0.3) is 0 Å². The topological polar surface area (TPSA) is 57.6 Å². The Kier molecular flexibility index (Phi) is 5.80. The number of hydrogen-bond donors (Lipinski definition) is 1. The first kappa shape index (κ1) is 17.5. The molecule has 4 heteroatoms. The summed E-state index contributed by atoms with van der Waals surface area (Å²) in [5, 5.41) is 9.79. The number of carboxylic acid groups (broad SMARTS) is 1. The molecule has 0 aliphatic carbocycles. The standard InChI is InChI=1S/C19H27NO3/c1-3-15(4-2)14-17(21)20-12-10-19(11-13-20,18(22)23)16-8-6-5-7-9-16/h5-9,15H,3-4,10-14H2,1-2H3,(H,22,23). The molecule has 0 unspecified atom stereocenters. The fourth-order valence-corrected chi connectivity index (χ4v) is 3.47. The van der Waals surface area contributed by atoms with E-state index in [-0.39, 0.29) is 5.91 Å². The summed E-state index contributed by atoms with van der Waals surface area (Å²) < 4.78 is 0. The molecule has 0 aromatic heterocycles. The van der Waals surface area contributed by atoms with Gasteiger partial charge in [0.15, 0.2) is 0 Å². The van der Waals surface area contributed by atoms with Crippen LogP contribution in [-0.2, 0) is 15.0 Å². The average Bonchev–Trinajstić information content (AvgIpc) is 2.60. The van der Waals surface area contributed by atoms with Crippen molar-refractivity contribution in [1.29, 1.82) is 0 Å². The maximum absolute atomic E-state index is 12.4. The lowest BCUT2D eigenvalue weighted by molar-refractivity contribution is -0.148. The van der Waals surface area contributed by atoms with E-state index in [1.807, 2.05) is 35.2 Å². The van der Waals surface area contributed by atoms with Crippen molar-refractivity contribution in [2.75, 3.05) is 13.1 Å². The molecular weight excluding hydrogens is 290 g/mol. The lowest BCUT2D eigenvalue weighted by Gasteiger charge is -2.39. The highest BCUT2D eigenvalue weighted by Crippen LogP contribution is 2.36. The quantitative estimate of drug-likeness (QED) is 0.874. The SMILES string of the molecule is CCC(CC)CC(=O)N1CCC(C(=O)O)(c2ccccc2)CC1. The van der Waals surface area contributed by atoms with Gasteiger partial charge in [0.05, 0.1) is 5.41 Å². The molecule has 0 spiro atoms. The zero-order valence-electron chi connectivity index (χ0n) is 14.1. The summed E-state index contributed by atoms with van der Waals surface area (Å²) in [5.74, 6) is -0.177. The third-order valence-corrected chi connectivity index (χ3v) is 5.32. The molecule has 1 aromatic rings. The number of hydrogen-bond acceptors (Lipinski definition) is 2. The predicted octanol–water partition coefficient (Wildman–Crippen LogP) is 3.46. The first-order valence-corrected chi connectivity index (χ1v) is 8.60. The summed E-state index contributed by atoms with van der Waals surface area (Å²) >= 11 is 0. The van der Waals surface area contributed by atoms with Crippen molar-refractivity contribution in [3.05, 3.63) is 35.9 Å². The first-order chi connectivity index (χ1) is 11.0. The largest absolute Gasteiger partial charge is 0.481 e. The molecule has 1 aliphatic heterocycles. The van der Waals surface area contributed by atoms with E-state index in [2.05, 4.69) is 13.8 Å². The van der Waals surface area contributed by atoms with Crippen molar-refractivity contribution in [3.8, 4) is 0 Å². The molecule has 1 saturated heterocycles. The van der Waals surface area contributed by atoms with Crippen molar-refractivity contribution in [1.82, 2.24) is 4.90 Å². The number of aliphatic carboxylic acids is 1. The molecule has 1 aromatic carbocycles. The molecule has 4 nitrogen and oxygen atoms in total. The van der Waals surface area contributed by atoms with Crippen LogP contribution in [0.1, 0.15) is 51.5 Å². The molecule has 1 heterocycles. The van der Waals surface area contributed by atoms with Crippen molar-refractivity contribution >= 4 is 11.9 Å². The molecule has 126 valence electrons. The summed E-state index contributed by atoms with van der Waals surface area (Å²) in [6.45, 7) is 5.28. The summed E-state index contributed by atoms with van der Waals surface area (Å²) in [7, 11) is 0. The number of likely N-dealkylation sites (tertiary alicyclic amines) is 1. The average molecular weight is 317 g/mol. The highest BCUT2D eigenvalue weighted by atomic mass is 16.4. The molecule has 0 radical (unpaired) electrons. The second kappa shape index (κ2) is 7.62. The third-order valence-electron chi connectivity index (χ3n) is 5.32. The Morgan fingerprint density at radius 2 is 1.70 bits per heavy atom. The second-order valence-corrected chi connectivity index (χ2v) is 6.52. The summed E-state index contributed by atoms with van der Waals surface area (Å²) in [4.78, 5) is 26.2. The van der Waals surface area contributed by atoms with Gasteiger partial charge in [0.1, 0.15) is 0 Å². The zero-order chi connectivity index (χ0) is 16.9. The Bertz CT molecular complexity index is 529. The molecule has 0 saturated carbocycles. The van der Waals surface area contributed by atoms with Crippen LogP contribution in [0.5, 0.6) is 0 Å². The van der Waals surface area contributed by atoms with E-state index >= 15 is 0 Å². The number of carbonyl (C=O) groups is 2. The molecule has 2 rings (SSSR count). The van der Waals surface area contributed by atoms with Gasteiger partial charge < -0.3 is 10.0 Å².